The molecule has 0 saturated carbocycles. The SMILES string of the molecule is Cc1cccc(NC(=O)CSc2cccc(NC(=O)Cc3ccccc3)c2)c1C. The Labute approximate surface area is 175 Å². The van der Waals surface area contributed by atoms with Crippen LogP contribution in [0.25, 0.3) is 0 Å². The Morgan fingerprint density at radius 1 is 0.828 bits per heavy atom. The number of aryl methyl sites for hydroxylation is 1. The molecule has 0 heterocycles. The lowest BCUT2D eigenvalue weighted by Crippen LogP contribution is -2.15. The van der Waals surface area contributed by atoms with Gasteiger partial charge in [0.15, 0.2) is 0 Å². The third-order valence-corrected chi connectivity index (χ3v) is 5.57. The molecule has 2 amide bonds. The number of hydrogen-bond acceptors (Lipinski definition) is 3. The van der Waals surface area contributed by atoms with Gasteiger partial charge in [-0.05, 0) is 54.8 Å². The van der Waals surface area contributed by atoms with E-state index in [0.717, 1.165) is 33.0 Å². The molecule has 2 N–H and O–H groups in total. The van der Waals surface area contributed by atoms with Gasteiger partial charge in [0.1, 0.15) is 0 Å². The third kappa shape index (κ3) is 6.22. The molecule has 0 aromatic heterocycles. The van der Waals surface area contributed by atoms with Crippen molar-refractivity contribution < 1.29 is 9.59 Å². The van der Waals surface area contributed by atoms with Gasteiger partial charge in [0.2, 0.25) is 11.8 Å². The summed E-state index contributed by atoms with van der Waals surface area (Å²) in [5.74, 6) is 0.183. The van der Waals surface area contributed by atoms with Crippen molar-refractivity contribution in [3.8, 4) is 0 Å². The normalized spacial score (nSPS) is 10.4. The van der Waals surface area contributed by atoms with E-state index in [1.807, 2.05) is 86.6 Å². The predicted molar refractivity (Wildman–Crippen MR) is 120 cm³/mol. The molecule has 0 aliphatic carbocycles. The van der Waals surface area contributed by atoms with E-state index in [9.17, 15) is 9.59 Å². The average Bonchev–Trinajstić information content (AvgIpc) is 2.71. The highest BCUT2D eigenvalue weighted by molar-refractivity contribution is 8.00. The van der Waals surface area contributed by atoms with E-state index < -0.39 is 0 Å². The Kier molecular flexibility index (Phi) is 7.09. The van der Waals surface area contributed by atoms with Crippen molar-refractivity contribution in [1.29, 1.82) is 0 Å². The van der Waals surface area contributed by atoms with Crippen molar-refractivity contribution in [2.75, 3.05) is 16.4 Å². The van der Waals surface area contributed by atoms with E-state index in [-0.39, 0.29) is 11.8 Å². The molecule has 0 radical (unpaired) electrons. The van der Waals surface area contributed by atoms with E-state index in [1.165, 1.54) is 11.8 Å². The number of amides is 2. The fourth-order valence-electron chi connectivity index (χ4n) is 2.87. The topological polar surface area (TPSA) is 58.2 Å². The lowest BCUT2D eigenvalue weighted by Gasteiger charge is -2.11. The molecule has 0 unspecified atom stereocenters. The van der Waals surface area contributed by atoms with Gasteiger partial charge in [0.05, 0.1) is 12.2 Å². The van der Waals surface area contributed by atoms with Gasteiger partial charge in [-0.3, -0.25) is 9.59 Å². The van der Waals surface area contributed by atoms with Crippen LogP contribution in [0.15, 0.2) is 77.7 Å². The smallest absolute Gasteiger partial charge is 0.234 e. The second-order valence-electron chi connectivity index (χ2n) is 6.82. The van der Waals surface area contributed by atoms with Gasteiger partial charge in [-0.25, -0.2) is 0 Å². The van der Waals surface area contributed by atoms with Crippen LogP contribution in [-0.4, -0.2) is 17.6 Å². The second-order valence-corrected chi connectivity index (χ2v) is 7.87. The molecule has 4 nitrogen and oxygen atoms in total. The van der Waals surface area contributed by atoms with Crippen LogP contribution in [0, 0.1) is 13.8 Å². The van der Waals surface area contributed by atoms with Gasteiger partial charge in [0.25, 0.3) is 0 Å². The van der Waals surface area contributed by atoms with Crippen LogP contribution in [0.2, 0.25) is 0 Å². The molecule has 3 aromatic carbocycles. The first-order chi connectivity index (χ1) is 14.0. The molecule has 0 spiro atoms. The summed E-state index contributed by atoms with van der Waals surface area (Å²) >= 11 is 1.44. The number of hydrogen-bond donors (Lipinski definition) is 2. The second kappa shape index (κ2) is 9.94. The molecule has 0 fully saturated rings. The Balaban J connectivity index is 1.53. The van der Waals surface area contributed by atoms with E-state index in [1.54, 1.807) is 0 Å². The first-order valence-corrected chi connectivity index (χ1v) is 10.4. The minimum atomic E-state index is -0.0639. The molecule has 0 aliphatic heterocycles. The maximum absolute atomic E-state index is 12.3. The Hall–Kier alpha value is -3.05. The highest BCUT2D eigenvalue weighted by atomic mass is 32.2. The van der Waals surface area contributed by atoms with Crippen LogP contribution in [0.4, 0.5) is 11.4 Å². The molecular weight excluding hydrogens is 380 g/mol. The van der Waals surface area contributed by atoms with E-state index in [4.69, 9.17) is 0 Å². The number of carbonyl (C=O) groups is 2. The zero-order chi connectivity index (χ0) is 20.6. The molecule has 148 valence electrons. The molecule has 0 aliphatic rings. The van der Waals surface area contributed by atoms with Gasteiger partial charge in [0, 0.05) is 16.3 Å². The van der Waals surface area contributed by atoms with Crippen LogP contribution in [0.1, 0.15) is 16.7 Å². The zero-order valence-electron chi connectivity index (χ0n) is 16.6. The summed E-state index contributed by atoms with van der Waals surface area (Å²) in [7, 11) is 0. The van der Waals surface area contributed by atoms with E-state index in [0.29, 0.717) is 12.2 Å². The van der Waals surface area contributed by atoms with Gasteiger partial charge in [-0.2, -0.15) is 0 Å². The molecule has 0 atom stereocenters. The molecule has 0 saturated heterocycles. The number of rotatable bonds is 7. The Morgan fingerprint density at radius 3 is 2.38 bits per heavy atom. The quantitative estimate of drug-likeness (QED) is 0.531. The first-order valence-electron chi connectivity index (χ1n) is 9.44. The van der Waals surface area contributed by atoms with Crippen LogP contribution >= 0.6 is 11.8 Å². The van der Waals surface area contributed by atoms with Crippen molar-refractivity contribution >= 4 is 35.0 Å². The molecule has 3 aromatic rings. The molecule has 3 rings (SSSR count). The molecule has 0 bridgehead atoms. The van der Waals surface area contributed by atoms with Crippen LogP contribution in [-0.2, 0) is 16.0 Å². The molecule has 5 heteroatoms. The number of benzene rings is 3. The minimum absolute atomic E-state index is 0.0535. The largest absolute Gasteiger partial charge is 0.326 e. The summed E-state index contributed by atoms with van der Waals surface area (Å²) < 4.78 is 0. The summed E-state index contributed by atoms with van der Waals surface area (Å²) in [4.78, 5) is 25.5. The summed E-state index contributed by atoms with van der Waals surface area (Å²) in [6.45, 7) is 4.02. The first kappa shape index (κ1) is 20.7. The lowest BCUT2D eigenvalue weighted by atomic mass is 10.1. The van der Waals surface area contributed by atoms with Crippen molar-refractivity contribution in [1.82, 2.24) is 0 Å². The third-order valence-electron chi connectivity index (χ3n) is 4.57. The predicted octanol–water partition coefficient (Wildman–Crippen LogP) is 5.22. The highest BCUT2D eigenvalue weighted by Gasteiger charge is 2.08. The van der Waals surface area contributed by atoms with Gasteiger partial charge in [-0.1, -0.05) is 48.5 Å². The maximum Gasteiger partial charge on any atom is 0.234 e. The summed E-state index contributed by atoms with van der Waals surface area (Å²) in [5.41, 5.74) is 4.77. The van der Waals surface area contributed by atoms with Gasteiger partial charge < -0.3 is 10.6 Å². The van der Waals surface area contributed by atoms with Crippen LogP contribution in [0.3, 0.4) is 0 Å². The average molecular weight is 405 g/mol. The van der Waals surface area contributed by atoms with Gasteiger partial charge >= 0.3 is 0 Å². The van der Waals surface area contributed by atoms with Crippen LogP contribution < -0.4 is 10.6 Å². The maximum atomic E-state index is 12.3. The van der Waals surface area contributed by atoms with Crippen molar-refractivity contribution in [3.05, 3.63) is 89.5 Å². The van der Waals surface area contributed by atoms with Gasteiger partial charge in [-0.15, -0.1) is 11.8 Å². The van der Waals surface area contributed by atoms with E-state index >= 15 is 0 Å². The van der Waals surface area contributed by atoms with Crippen molar-refractivity contribution in [3.63, 3.8) is 0 Å². The van der Waals surface area contributed by atoms with Crippen molar-refractivity contribution in [2.45, 2.75) is 25.2 Å². The summed E-state index contributed by atoms with van der Waals surface area (Å²) in [6.07, 6.45) is 0.330. The number of thioether (sulfide) groups is 1. The lowest BCUT2D eigenvalue weighted by molar-refractivity contribution is -0.115. The number of carbonyl (C=O) groups excluding carboxylic acids is 2. The number of nitrogens with one attached hydrogen (secondary N) is 2. The highest BCUT2D eigenvalue weighted by Crippen LogP contribution is 2.23. The fraction of sp³-hybridized carbons (Fsp3) is 0.167. The summed E-state index contributed by atoms with van der Waals surface area (Å²) in [6, 6.07) is 23.1. The Morgan fingerprint density at radius 2 is 1.59 bits per heavy atom. The van der Waals surface area contributed by atoms with Crippen LogP contribution in [0.5, 0.6) is 0 Å². The zero-order valence-corrected chi connectivity index (χ0v) is 17.4. The standard InChI is InChI=1S/C24H24N2O2S/c1-17-8-6-13-22(18(17)2)26-24(28)16-29-21-12-7-11-20(15-21)25-23(27)14-19-9-4-3-5-10-19/h3-13,15H,14,16H2,1-2H3,(H,25,27)(H,26,28). The Bertz CT molecular complexity index is 1000. The summed E-state index contributed by atoms with van der Waals surface area (Å²) in [5, 5.41) is 5.89. The monoisotopic (exact) mass is 404 g/mol. The van der Waals surface area contributed by atoms with E-state index in [2.05, 4.69) is 10.6 Å². The fourth-order valence-corrected chi connectivity index (χ4v) is 3.63. The molecule has 29 heavy (non-hydrogen) atoms. The molecular formula is C24H24N2O2S. The van der Waals surface area contributed by atoms with Crippen molar-refractivity contribution in [2.24, 2.45) is 0 Å². The minimum Gasteiger partial charge on any atom is -0.326 e. The number of anilines is 2.